The van der Waals surface area contributed by atoms with Gasteiger partial charge >= 0.3 is 0 Å². The molecule has 2 N–H and O–H groups in total. The quantitative estimate of drug-likeness (QED) is 0.805. The standard InChI is InChI=1S/C12H16N2O2/c1-9(15)6-7-14-11-5-3-2-4-10(11)13-8-12(14)16/h2-5,9,13,15H,6-8H2,1H3. The molecule has 4 nitrogen and oxygen atoms in total. The van der Waals surface area contributed by atoms with Crippen molar-refractivity contribution < 1.29 is 9.90 Å². The van der Waals surface area contributed by atoms with Crippen molar-refractivity contribution >= 4 is 17.3 Å². The van der Waals surface area contributed by atoms with Crippen LogP contribution in [-0.4, -0.2) is 30.2 Å². The summed E-state index contributed by atoms with van der Waals surface area (Å²) in [6.45, 7) is 2.63. The van der Waals surface area contributed by atoms with Gasteiger partial charge in [0.2, 0.25) is 5.91 Å². The Morgan fingerprint density at radius 1 is 1.50 bits per heavy atom. The van der Waals surface area contributed by atoms with Crippen LogP contribution in [0.25, 0.3) is 0 Å². The summed E-state index contributed by atoms with van der Waals surface area (Å²) in [7, 11) is 0. The van der Waals surface area contributed by atoms with Crippen LogP contribution >= 0.6 is 0 Å². The zero-order valence-electron chi connectivity index (χ0n) is 9.31. The number of aliphatic hydroxyl groups is 1. The number of fused-ring (bicyclic) bond motifs is 1. The van der Waals surface area contributed by atoms with E-state index >= 15 is 0 Å². The van der Waals surface area contributed by atoms with E-state index < -0.39 is 0 Å². The van der Waals surface area contributed by atoms with Crippen molar-refractivity contribution in [2.75, 3.05) is 23.3 Å². The maximum absolute atomic E-state index is 11.8. The van der Waals surface area contributed by atoms with E-state index in [1.54, 1.807) is 11.8 Å². The molecule has 0 spiro atoms. The van der Waals surface area contributed by atoms with Crippen LogP contribution in [0.4, 0.5) is 11.4 Å². The molecule has 1 aromatic rings. The monoisotopic (exact) mass is 220 g/mol. The lowest BCUT2D eigenvalue weighted by atomic mass is 10.1. The first-order valence-electron chi connectivity index (χ1n) is 5.50. The van der Waals surface area contributed by atoms with E-state index in [2.05, 4.69) is 5.32 Å². The maximum Gasteiger partial charge on any atom is 0.246 e. The van der Waals surface area contributed by atoms with Crippen molar-refractivity contribution in [1.82, 2.24) is 0 Å². The zero-order chi connectivity index (χ0) is 11.5. The van der Waals surface area contributed by atoms with Crippen LogP contribution in [0.5, 0.6) is 0 Å². The van der Waals surface area contributed by atoms with Crippen LogP contribution in [0.2, 0.25) is 0 Å². The molecule has 1 atom stereocenters. The van der Waals surface area contributed by atoms with E-state index in [4.69, 9.17) is 0 Å². The van der Waals surface area contributed by atoms with Crippen LogP contribution in [0.1, 0.15) is 13.3 Å². The van der Waals surface area contributed by atoms with Crippen molar-refractivity contribution in [1.29, 1.82) is 0 Å². The Labute approximate surface area is 94.9 Å². The van der Waals surface area contributed by atoms with Crippen LogP contribution in [0.15, 0.2) is 24.3 Å². The fraction of sp³-hybridized carbons (Fsp3) is 0.417. The molecule has 2 rings (SSSR count). The largest absolute Gasteiger partial charge is 0.393 e. The van der Waals surface area contributed by atoms with Crippen molar-refractivity contribution in [3.63, 3.8) is 0 Å². The van der Waals surface area contributed by atoms with Gasteiger partial charge in [-0.05, 0) is 25.5 Å². The number of rotatable bonds is 3. The number of aliphatic hydroxyl groups excluding tert-OH is 1. The molecule has 1 heterocycles. The summed E-state index contributed by atoms with van der Waals surface area (Å²) in [5.41, 5.74) is 1.88. The number of carbonyl (C=O) groups excluding carboxylic acids is 1. The number of nitrogens with zero attached hydrogens (tertiary/aromatic N) is 1. The van der Waals surface area contributed by atoms with Crippen molar-refractivity contribution in [3.8, 4) is 0 Å². The first-order valence-corrected chi connectivity index (χ1v) is 5.50. The Balaban J connectivity index is 2.19. The van der Waals surface area contributed by atoms with E-state index in [1.165, 1.54) is 0 Å². The number of nitrogens with one attached hydrogen (secondary N) is 1. The van der Waals surface area contributed by atoms with Gasteiger partial charge in [-0.3, -0.25) is 4.79 Å². The summed E-state index contributed by atoms with van der Waals surface area (Å²) >= 11 is 0. The van der Waals surface area contributed by atoms with Gasteiger partial charge in [0, 0.05) is 6.54 Å². The molecule has 0 bridgehead atoms. The Morgan fingerprint density at radius 3 is 3.00 bits per heavy atom. The zero-order valence-corrected chi connectivity index (χ0v) is 9.31. The van der Waals surface area contributed by atoms with Gasteiger partial charge < -0.3 is 15.3 Å². The molecule has 0 fully saturated rings. The summed E-state index contributed by atoms with van der Waals surface area (Å²) < 4.78 is 0. The minimum atomic E-state index is -0.380. The Kier molecular flexibility index (Phi) is 3.10. The van der Waals surface area contributed by atoms with Crippen LogP contribution in [-0.2, 0) is 4.79 Å². The van der Waals surface area contributed by atoms with Crippen molar-refractivity contribution in [2.24, 2.45) is 0 Å². The summed E-state index contributed by atoms with van der Waals surface area (Å²) in [6, 6.07) is 7.72. The average molecular weight is 220 g/mol. The summed E-state index contributed by atoms with van der Waals surface area (Å²) in [5.74, 6) is 0.0550. The number of hydrogen-bond acceptors (Lipinski definition) is 3. The lowest BCUT2D eigenvalue weighted by Crippen LogP contribution is -2.41. The van der Waals surface area contributed by atoms with Gasteiger partial charge in [-0.1, -0.05) is 12.1 Å². The number of hydrogen-bond donors (Lipinski definition) is 2. The molecule has 0 aliphatic carbocycles. The molecule has 86 valence electrons. The van der Waals surface area contributed by atoms with Gasteiger partial charge in [-0.15, -0.1) is 0 Å². The second-order valence-corrected chi connectivity index (χ2v) is 4.05. The number of para-hydroxylation sites is 2. The highest BCUT2D eigenvalue weighted by atomic mass is 16.3. The first-order chi connectivity index (χ1) is 7.68. The molecule has 1 aliphatic rings. The molecule has 1 aliphatic heterocycles. The lowest BCUT2D eigenvalue weighted by molar-refractivity contribution is -0.117. The highest BCUT2D eigenvalue weighted by molar-refractivity contribution is 6.02. The molecule has 4 heteroatoms. The Hall–Kier alpha value is -1.55. The number of carbonyl (C=O) groups is 1. The average Bonchev–Trinajstić information content (AvgIpc) is 2.27. The van der Waals surface area contributed by atoms with Gasteiger partial charge in [-0.25, -0.2) is 0 Å². The SMILES string of the molecule is CC(O)CCN1C(=O)CNc2ccccc21. The smallest absolute Gasteiger partial charge is 0.246 e. The van der Waals surface area contributed by atoms with E-state index in [9.17, 15) is 9.90 Å². The first kappa shape index (κ1) is 11.0. The Morgan fingerprint density at radius 2 is 2.25 bits per heavy atom. The predicted octanol–water partition coefficient (Wildman–Crippen LogP) is 1.22. The third-order valence-electron chi connectivity index (χ3n) is 2.70. The topological polar surface area (TPSA) is 52.6 Å². The highest BCUT2D eigenvalue weighted by Gasteiger charge is 2.23. The van der Waals surface area contributed by atoms with Crippen LogP contribution in [0.3, 0.4) is 0 Å². The van der Waals surface area contributed by atoms with Gasteiger partial charge in [0.1, 0.15) is 0 Å². The summed E-state index contributed by atoms with van der Waals surface area (Å²) in [5, 5.41) is 12.3. The van der Waals surface area contributed by atoms with E-state index in [0.29, 0.717) is 19.5 Å². The fourth-order valence-electron chi connectivity index (χ4n) is 1.82. The molecule has 0 saturated heterocycles. The molecule has 0 aromatic heterocycles. The van der Waals surface area contributed by atoms with Crippen molar-refractivity contribution in [3.05, 3.63) is 24.3 Å². The third kappa shape index (κ3) is 2.17. The molecule has 1 unspecified atom stereocenters. The second kappa shape index (κ2) is 4.53. The second-order valence-electron chi connectivity index (χ2n) is 4.05. The maximum atomic E-state index is 11.8. The van der Waals surface area contributed by atoms with E-state index in [0.717, 1.165) is 11.4 Å². The molecule has 16 heavy (non-hydrogen) atoms. The molecule has 1 amide bonds. The summed E-state index contributed by atoms with van der Waals surface area (Å²) in [4.78, 5) is 13.5. The van der Waals surface area contributed by atoms with Gasteiger partial charge in [0.05, 0.1) is 24.0 Å². The molecular formula is C12H16N2O2. The molecule has 0 radical (unpaired) electrons. The molecule has 1 aromatic carbocycles. The third-order valence-corrected chi connectivity index (χ3v) is 2.70. The van der Waals surface area contributed by atoms with Crippen molar-refractivity contribution in [2.45, 2.75) is 19.4 Å². The molecular weight excluding hydrogens is 204 g/mol. The fourth-order valence-corrected chi connectivity index (χ4v) is 1.82. The van der Waals surface area contributed by atoms with Gasteiger partial charge in [-0.2, -0.15) is 0 Å². The van der Waals surface area contributed by atoms with Gasteiger partial charge in [0.25, 0.3) is 0 Å². The van der Waals surface area contributed by atoms with Crippen LogP contribution < -0.4 is 10.2 Å². The minimum absolute atomic E-state index is 0.0550. The minimum Gasteiger partial charge on any atom is -0.393 e. The number of anilines is 2. The number of amides is 1. The molecule has 0 saturated carbocycles. The number of benzene rings is 1. The van der Waals surface area contributed by atoms with Crippen LogP contribution in [0, 0.1) is 0 Å². The summed E-state index contributed by atoms with van der Waals surface area (Å²) in [6.07, 6.45) is 0.218. The van der Waals surface area contributed by atoms with Gasteiger partial charge in [0.15, 0.2) is 0 Å². The van der Waals surface area contributed by atoms with E-state index in [-0.39, 0.29) is 12.0 Å². The van der Waals surface area contributed by atoms with E-state index in [1.807, 2.05) is 24.3 Å². The lowest BCUT2D eigenvalue weighted by Gasteiger charge is -2.30. The highest BCUT2D eigenvalue weighted by Crippen LogP contribution is 2.28. The normalized spacial score (nSPS) is 16.6. The predicted molar refractivity (Wildman–Crippen MR) is 63.6 cm³/mol. The Bertz CT molecular complexity index is 390.